The van der Waals surface area contributed by atoms with Crippen LogP contribution in [0.5, 0.6) is 0 Å². The Labute approximate surface area is 108 Å². The van der Waals surface area contributed by atoms with Crippen LogP contribution in [0.1, 0.15) is 29.3 Å². The van der Waals surface area contributed by atoms with E-state index in [4.69, 9.17) is 0 Å². The van der Waals surface area contributed by atoms with Crippen LogP contribution in [-0.2, 0) is 19.3 Å². The normalized spacial score (nSPS) is 10.6. The Morgan fingerprint density at radius 3 is 2.44 bits per heavy atom. The van der Waals surface area contributed by atoms with Crippen molar-refractivity contribution in [2.75, 3.05) is 0 Å². The van der Waals surface area contributed by atoms with Crippen molar-refractivity contribution in [1.29, 1.82) is 0 Å². The Hall–Kier alpha value is -1.70. The third-order valence-electron chi connectivity index (χ3n) is 3.32. The van der Waals surface area contributed by atoms with Crippen LogP contribution in [0.15, 0.2) is 36.5 Å². The molecule has 1 aromatic heterocycles. The molecule has 0 aliphatic rings. The first kappa shape index (κ1) is 12.7. The summed E-state index contributed by atoms with van der Waals surface area (Å²) < 4.78 is 13.2. The number of rotatable bonds is 4. The Kier molecular flexibility index (Phi) is 4.08. The molecule has 0 aliphatic carbocycles. The minimum Gasteiger partial charge on any atom is -0.258 e. The number of aromatic nitrogens is 1. The highest BCUT2D eigenvalue weighted by Crippen LogP contribution is 2.15. The molecule has 0 radical (unpaired) electrons. The van der Waals surface area contributed by atoms with Crippen molar-refractivity contribution in [3.05, 3.63) is 64.7 Å². The third-order valence-corrected chi connectivity index (χ3v) is 3.32. The van der Waals surface area contributed by atoms with E-state index in [0.29, 0.717) is 0 Å². The van der Waals surface area contributed by atoms with Crippen LogP contribution in [-0.4, -0.2) is 4.98 Å². The van der Waals surface area contributed by atoms with Crippen LogP contribution >= 0.6 is 0 Å². The number of halogens is 1. The lowest BCUT2D eigenvalue weighted by Crippen LogP contribution is -1.99. The van der Waals surface area contributed by atoms with Gasteiger partial charge < -0.3 is 0 Å². The molecule has 1 heterocycles. The van der Waals surface area contributed by atoms with E-state index >= 15 is 0 Å². The van der Waals surface area contributed by atoms with Gasteiger partial charge in [0.15, 0.2) is 0 Å². The fraction of sp³-hybridized carbons (Fsp3) is 0.312. The fourth-order valence-electron chi connectivity index (χ4n) is 2.22. The molecule has 0 saturated carbocycles. The van der Waals surface area contributed by atoms with Crippen LogP contribution in [0.25, 0.3) is 0 Å². The summed E-state index contributed by atoms with van der Waals surface area (Å²) in [6.45, 7) is 4.09. The molecule has 2 aromatic rings. The summed E-state index contributed by atoms with van der Waals surface area (Å²) in [5.41, 5.74) is 4.65. The summed E-state index contributed by atoms with van der Waals surface area (Å²) in [7, 11) is 0. The van der Waals surface area contributed by atoms with Crippen LogP contribution in [0, 0.1) is 12.7 Å². The predicted molar refractivity (Wildman–Crippen MR) is 72.2 cm³/mol. The number of benzene rings is 1. The number of hydrogen-bond acceptors (Lipinski definition) is 1. The Bertz CT molecular complexity index is 534. The van der Waals surface area contributed by atoms with Crippen molar-refractivity contribution >= 4 is 0 Å². The van der Waals surface area contributed by atoms with Gasteiger partial charge in [-0.2, -0.15) is 0 Å². The maximum atomic E-state index is 13.2. The van der Waals surface area contributed by atoms with E-state index in [-0.39, 0.29) is 5.82 Å². The van der Waals surface area contributed by atoms with Gasteiger partial charge in [-0.15, -0.1) is 0 Å². The molecule has 1 nitrogen and oxygen atoms in total. The lowest BCUT2D eigenvalue weighted by molar-refractivity contribution is 0.616. The number of aryl methyl sites for hydroxylation is 4. The molecule has 0 fully saturated rings. The zero-order valence-electron chi connectivity index (χ0n) is 10.9. The van der Waals surface area contributed by atoms with Crippen molar-refractivity contribution in [2.45, 2.75) is 33.1 Å². The summed E-state index contributed by atoms with van der Waals surface area (Å²) in [5.74, 6) is -0.251. The van der Waals surface area contributed by atoms with Gasteiger partial charge in [0.25, 0.3) is 0 Å². The Balaban J connectivity index is 2.14. The highest BCUT2D eigenvalue weighted by atomic mass is 19.1. The van der Waals surface area contributed by atoms with E-state index in [0.717, 1.165) is 30.5 Å². The van der Waals surface area contributed by atoms with Crippen LogP contribution < -0.4 is 0 Å². The van der Waals surface area contributed by atoms with Gasteiger partial charge in [-0.3, -0.25) is 4.98 Å². The molecule has 18 heavy (non-hydrogen) atoms. The summed E-state index contributed by atoms with van der Waals surface area (Å²) in [6, 6.07) is 10.0. The van der Waals surface area contributed by atoms with E-state index < -0.39 is 0 Å². The maximum absolute atomic E-state index is 13.2. The van der Waals surface area contributed by atoms with Crippen molar-refractivity contribution < 1.29 is 4.39 Å². The zero-order valence-corrected chi connectivity index (χ0v) is 10.9. The highest BCUT2D eigenvalue weighted by Gasteiger charge is 2.04. The van der Waals surface area contributed by atoms with Gasteiger partial charge in [-0.1, -0.05) is 31.2 Å². The molecule has 0 bridgehead atoms. The van der Waals surface area contributed by atoms with Crippen LogP contribution in [0.2, 0.25) is 0 Å². The summed E-state index contributed by atoms with van der Waals surface area (Å²) in [4.78, 5) is 4.06. The first-order chi connectivity index (χ1) is 8.70. The molecule has 0 spiro atoms. The maximum Gasteiger partial charge on any atom is 0.141 e. The van der Waals surface area contributed by atoms with Gasteiger partial charge in [0.1, 0.15) is 5.82 Å². The van der Waals surface area contributed by atoms with E-state index in [2.05, 4.69) is 36.2 Å². The standard InChI is InChI=1S/C16H18FN/c1-3-13-6-4-5-7-14(13)8-9-15-10-16(17)11-18-12(15)2/h4-7,10-11H,3,8-9H2,1-2H3. The smallest absolute Gasteiger partial charge is 0.141 e. The molecule has 1 aromatic carbocycles. The summed E-state index contributed by atoms with van der Waals surface area (Å²) in [5, 5.41) is 0. The number of hydrogen-bond donors (Lipinski definition) is 0. The lowest BCUT2D eigenvalue weighted by Gasteiger charge is -2.09. The van der Waals surface area contributed by atoms with Crippen molar-refractivity contribution in [2.24, 2.45) is 0 Å². The molecule has 2 heteroatoms. The first-order valence-corrected chi connectivity index (χ1v) is 6.38. The molecule has 0 N–H and O–H groups in total. The molecule has 2 rings (SSSR count). The van der Waals surface area contributed by atoms with E-state index in [1.165, 1.54) is 17.3 Å². The van der Waals surface area contributed by atoms with Crippen LogP contribution in [0.4, 0.5) is 4.39 Å². The Morgan fingerprint density at radius 1 is 1.06 bits per heavy atom. The average molecular weight is 243 g/mol. The van der Waals surface area contributed by atoms with Gasteiger partial charge in [-0.05, 0) is 48.9 Å². The molecule has 0 unspecified atom stereocenters. The molecule has 94 valence electrons. The number of nitrogens with zero attached hydrogens (tertiary/aromatic N) is 1. The van der Waals surface area contributed by atoms with Gasteiger partial charge in [0.05, 0.1) is 6.20 Å². The molecular weight excluding hydrogens is 225 g/mol. The molecule has 0 aliphatic heterocycles. The molecular formula is C16H18FN. The topological polar surface area (TPSA) is 12.9 Å². The third kappa shape index (κ3) is 2.95. The average Bonchev–Trinajstić information content (AvgIpc) is 2.40. The highest BCUT2D eigenvalue weighted by molar-refractivity contribution is 5.29. The van der Waals surface area contributed by atoms with E-state index in [9.17, 15) is 4.39 Å². The van der Waals surface area contributed by atoms with Crippen molar-refractivity contribution in [3.8, 4) is 0 Å². The largest absolute Gasteiger partial charge is 0.258 e. The van der Waals surface area contributed by atoms with Crippen molar-refractivity contribution in [3.63, 3.8) is 0 Å². The second-order valence-electron chi connectivity index (χ2n) is 4.52. The Morgan fingerprint density at radius 2 is 1.72 bits per heavy atom. The zero-order chi connectivity index (χ0) is 13.0. The van der Waals surface area contributed by atoms with Crippen LogP contribution in [0.3, 0.4) is 0 Å². The quantitative estimate of drug-likeness (QED) is 0.794. The molecule has 0 atom stereocenters. The van der Waals surface area contributed by atoms with Gasteiger partial charge in [-0.25, -0.2) is 4.39 Å². The van der Waals surface area contributed by atoms with Gasteiger partial charge in [0.2, 0.25) is 0 Å². The lowest BCUT2D eigenvalue weighted by atomic mass is 9.98. The minimum atomic E-state index is -0.251. The molecule has 0 saturated heterocycles. The van der Waals surface area contributed by atoms with E-state index in [1.807, 2.05) is 6.92 Å². The van der Waals surface area contributed by atoms with E-state index in [1.54, 1.807) is 6.07 Å². The monoisotopic (exact) mass is 243 g/mol. The molecule has 0 amide bonds. The summed E-state index contributed by atoms with van der Waals surface area (Å²) >= 11 is 0. The fourth-order valence-corrected chi connectivity index (χ4v) is 2.22. The summed E-state index contributed by atoms with van der Waals surface area (Å²) in [6.07, 6.45) is 4.10. The minimum absolute atomic E-state index is 0.251. The van der Waals surface area contributed by atoms with Gasteiger partial charge in [0, 0.05) is 5.69 Å². The second kappa shape index (κ2) is 5.76. The number of pyridine rings is 1. The van der Waals surface area contributed by atoms with Gasteiger partial charge >= 0.3 is 0 Å². The predicted octanol–water partition coefficient (Wildman–Crippen LogP) is 3.88. The van der Waals surface area contributed by atoms with Crippen molar-refractivity contribution in [1.82, 2.24) is 4.98 Å². The SMILES string of the molecule is CCc1ccccc1CCc1cc(F)cnc1C. The first-order valence-electron chi connectivity index (χ1n) is 6.38. The second-order valence-corrected chi connectivity index (χ2v) is 4.52.